The van der Waals surface area contributed by atoms with Crippen LogP contribution in [-0.4, -0.2) is 91.4 Å². The second kappa shape index (κ2) is 13.8. The first-order valence-electron chi connectivity index (χ1n) is 18.0. The van der Waals surface area contributed by atoms with E-state index in [0.717, 1.165) is 27.8 Å². The van der Waals surface area contributed by atoms with Crippen LogP contribution in [0.15, 0.2) is 53.7 Å². The van der Waals surface area contributed by atoms with E-state index in [0.29, 0.717) is 18.6 Å². The van der Waals surface area contributed by atoms with Crippen LogP contribution in [0.3, 0.4) is 0 Å². The minimum atomic E-state index is -4.12. The molecule has 3 aliphatic carbocycles. The number of benzene rings is 2. The molecule has 0 radical (unpaired) electrons. The summed E-state index contributed by atoms with van der Waals surface area (Å²) >= 11 is 0. The fourth-order valence-electron chi connectivity index (χ4n) is 7.31. The molecule has 0 aromatic heterocycles. The highest BCUT2D eigenvalue weighted by molar-refractivity contribution is 7.91. The van der Waals surface area contributed by atoms with Crippen LogP contribution >= 0.6 is 0 Å². The summed E-state index contributed by atoms with van der Waals surface area (Å²) in [5.41, 5.74) is 1.82. The molecule has 13 nitrogen and oxygen atoms in total. The van der Waals surface area contributed by atoms with Crippen LogP contribution in [0.1, 0.15) is 70.1 Å². The highest BCUT2D eigenvalue weighted by Gasteiger charge is 2.67. The van der Waals surface area contributed by atoms with Crippen molar-refractivity contribution in [2.45, 2.75) is 88.8 Å². The van der Waals surface area contributed by atoms with E-state index in [1.165, 1.54) is 4.90 Å². The summed E-state index contributed by atoms with van der Waals surface area (Å²) < 4.78 is 60.8. The Balaban J connectivity index is 1.24. The third kappa shape index (κ3) is 7.19. The number of alkyl carbamates (subject to hydrolysis) is 1. The van der Waals surface area contributed by atoms with Crippen LogP contribution < -0.4 is 15.4 Å². The zero-order valence-corrected chi connectivity index (χ0v) is 31.1. The van der Waals surface area contributed by atoms with Crippen molar-refractivity contribution in [1.29, 1.82) is 0 Å². The smallest absolute Gasteiger partial charge is 0.407 e. The van der Waals surface area contributed by atoms with E-state index in [2.05, 4.69) is 15.8 Å². The predicted octanol–water partition coefficient (Wildman–Crippen LogP) is 3.96. The number of alkyl halides is 2. The summed E-state index contributed by atoms with van der Waals surface area (Å²) in [6, 6.07) is 11.0. The first-order valence-corrected chi connectivity index (χ1v) is 19.6. The molecule has 0 spiro atoms. The Bertz CT molecular complexity index is 2060. The first-order chi connectivity index (χ1) is 25.5. The molecule has 7 rings (SSSR count). The largest absolute Gasteiger partial charge is 0.449 e. The number of rotatable bonds is 6. The predicted molar refractivity (Wildman–Crippen MR) is 194 cm³/mol. The van der Waals surface area contributed by atoms with Crippen molar-refractivity contribution < 1.29 is 46.0 Å². The average molecular weight is 768 g/mol. The van der Waals surface area contributed by atoms with E-state index in [4.69, 9.17) is 9.57 Å². The van der Waals surface area contributed by atoms with E-state index >= 15 is 0 Å². The average Bonchev–Trinajstić information content (AvgIpc) is 4.03. The van der Waals surface area contributed by atoms with Gasteiger partial charge in [-0.1, -0.05) is 81.4 Å². The quantitative estimate of drug-likeness (QED) is 0.338. The second-order valence-corrected chi connectivity index (χ2v) is 17.9. The van der Waals surface area contributed by atoms with Crippen molar-refractivity contribution in [3.05, 3.63) is 65.2 Å². The van der Waals surface area contributed by atoms with Gasteiger partial charge >= 0.3 is 6.09 Å². The summed E-state index contributed by atoms with van der Waals surface area (Å²) in [6.07, 6.45) is -0.942. The van der Waals surface area contributed by atoms with Gasteiger partial charge in [0.05, 0.1) is 24.3 Å². The molecule has 3 fully saturated rings. The molecule has 2 heterocycles. The van der Waals surface area contributed by atoms with Crippen molar-refractivity contribution in [1.82, 2.24) is 20.3 Å². The molecule has 1 saturated heterocycles. The van der Waals surface area contributed by atoms with Gasteiger partial charge in [-0.25, -0.2) is 22.0 Å². The Morgan fingerprint density at radius 3 is 2.43 bits per heavy atom. The van der Waals surface area contributed by atoms with Gasteiger partial charge in [-0.2, -0.15) is 0 Å². The Hall–Kier alpha value is -4.86. The number of ether oxygens (including phenoxy) is 1. The van der Waals surface area contributed by atoms with Gasteiger partial charge in [0.1, 0.15) is 29.4 Å². The maximum Gasteiger partial charge on any atom is 0.407 e. The molecule has 2 aromatic carbocycles. The molecule has 4 bridgehead atoms. The lowest BCUT2D eigenvalue weighted by Gasteiger charge is -2.35. The van der Waals surface area contributed by atoms with Gasteiger partial charge in [-0.3, -0.25) is 19.1 Å². The highest BCUT2D eigenvalue weighted by Crippen LogP contribution is 2.48. The van der Waals surface area contributed by atoms with Crippen LogP contribution in [0.4, 0.5) is 13.6 Å². The summed E-state index contributed by atoms with van der Waals surface area (Å²) in [5.74, 6) is -4.73. The van der Waals surface area contributed by atoms with Crippen molar-refractivity contribution in [3.63, 3.8) is 0 Å². The van der Waals surface area contributed by atoms with Crippen molar-refractivity contribution >= 4 is 45.6 Å². The number of hydrogen-bond donors (Lipinski definition) is 3. The molecule has 2 aliphatic heterocycles. The fourth-order valence-corrected chi connectivity index (χ4v) is 8.67. The van der Waals surface area contributed by atoms with Gasteiger partial charge in [0.15, 0.2) is 0 Å². The number of fused-ring (bicyclic) bond motifs is 6. The second-order valence-electron chi connectivity index (χ2n) is 15.9. The Morgan fingerprint density at radius 1 is 1.06 bits per heavy atom. The lowest BCUT2D eigenvalue weighted by molar-refractivity contribution is -0.143. The molecule has 2 saturated carbocycles. The normalized spacial score (nSPS) is 29.7. The van der Waals surface area contributed by atoms with Crippen LogP contribution in [-0.2, 0) is 34.0 Å². The first kappa shape index (κ1) is 37.5. The van der Waals surface area contributed by atoms with Crippen LogP contribution in [0.2, 0.25) is 0 Å². The van der Waals surface area contributed by atoms with Crippen LogP contribution in [0.5, 0.6) is 0 Å². The maximum atomic E-state index is 14.4. The fraction of sp³-hybridized carbons (Fsp3) is 0.500. The highest BCUT2D eigenvalue weighted by atomic mass is 32.2. The molecular formula is C38H43F2N5O8S. The number of cyclic esters (lactones) is 1. The van der Waals surface area contributed by atoms with Crippen molar-refractivity contribution in [2.24, 2.45) is 22.4 Å². The van der Waals surface area contributed by atoms with Gasteiger partial charge in [0.25, 0.3) is 5.91 Å². The maximum absolute atomic E-state index is 14.4. The van der Waals surface area contributed by atoms with Crippen LogP contribution in [0, 0.1) is 17.3 Å². The summed E-state index contributed by atoms with van der Waals surface area (Å²) in [4.78, 5) is 62.3. The Morgan fingerprint density at radius 2 is 1.76 bits per heavy atom. The molecule has 288 valence electrons. The number of carbonyl (C=O) groups is 4. The van der Waals surface area contributed by atoms with Gasteiger partial charge in [0.2, 0.25) is 28.3 Å². The monoisotopic (exact) mass is 767 g/mol. The summed E-state index contributed by atoms with van der Waals surface area (Å²) in [7, 11) is -4.12. The lowest BCUT2D eigenvalue weighted by Crippen LogP contribution is -2.60. The van der Waals surface area contributed by atoms with E-state index < -0.39 is 87.0 Å². The molecule has 6 atom stereocenters. The van der Waals surface area contributed by atoms with E-state index in [1.54, 1.807) is 20.8 Å². The minimum absolute atomic E-state index is 0.00700. The summed E-state index contributed by atoms with van der Waals surface area (Å²) in [6.45, 7) is 6.86. The number of sulfonamides is 1. The molecule has 0 unspecified atom stereocenters. The Kier molecular flexibility index (Phi) is 9.55. The van der Waals surface area contributed by atoms with Crippen molar-refractivity contribution in [2.75, 3.05) is 13.2 Å². The minimum Gasteiger partial charge on any atom is -0.449 e. The third-order valence-electron chi connectivity index (χ3n) is 10.7. The number of nitrogens with one attached hydrogen (secondary N) is 3. The third-order valence-corrected chi connectivity index (χ3v) is 12.5. The molecule has 54 heavy (non-hydrogen) atoms. The molecular weight excluding hydrogens is 725 g/mol. The van der Waals surface area contributed by atoms with Gasteiger partial charge in [-0.15, -0.1) is 0 Å². The Labute approximate surface area is 311 Å². The van der Waals surface area contributed by atoms with Crippen LogP contribution in [0.25, 0.3) is 17.2 Å². The van der Waals surface area contributed by atoms with Crippen molar-refractivity contribution in [3.8, 4) is 11.1 Å². The van der Waals surface area contributed by atoms with E-state index in [1.807, 2.05) is 66.3 Å². The van der Waals surface area contributed by atoms with E-state index in [9.17, 15) is 36.4 Å². The summed E-state index contributed by atoms with van der Waals surface area (Å²) in [5, 5.41) is 8.84. The topological polar surface area (TPSA) is 173 Å². The van der Waals surface area contributed by atoms with Gasteiger partial charge < -0.3 is 25.1 Å². The standard InChI is InChI=1S/C38H43F2N5O8S/c1-20-9-10-21-11-14-25-24-7-5-6-8-26(24)30(27(25)15-21)43-53-22-16-29(45(18-22)34(47)31(37(2,3)4)41-36(49)52-19-20)33(46)42-38(17-28(38)32(39)40)35(48)44-54(50,51)23-12-13-23/h5-11,14-15,20,22-23,28-29,31-32H,12-13,16-19H2,1-4H3,(H,41,49)(H,42,46)(H,44,48)/b10-9+,43-30+/t20-,22+,28-,29-,31+,38-/m0/s1. The van der Waals surface area contributed by atoms with E-state index in [-0.39, 0.29) is 25.5 Å². The lowest BCUT2D eigenvalue weighted by atomic mass is 9.85. The van der Waals surface area contributed by atoms with Gasteiger partial charge in [0, 0.05) is 23.5 Å². The number of halogens is 2. The molecule has 2 aromatic rings. The molecule has 4 amide bonds. The zero-order chi connectivity index (χ0) is 38.7. The number of hydrogen-bond acceptors (Lipinski definition) is 9. The molecule has 5 aliphatic rings. The zero-order valence-electron chi connectivity index (χ0n) is 30.3. The molecule has 3 N–H and O–H groups in total. The SMILES string of the molecule is C[C@H]1/C=C/c2ccc3c(c2)/C(=N/O[C@@H]2C[C@@H](C(=O)N[C@@]4(C(=O)NS(=O)(=O)C5CC5)C[C@H]4C(F)F)N(C2)C(=O)[C@H](C(C)(C)C)NC(=O)OC1)c1ccccc1-3. The van der Waals surface area contributed by atoms with Gasteiger partial charge in [-0.05, 0) is 47.4 Å². The molecule has 16 heteroatoms. The number of oxime groups is 1. The number of carbonyl (C=O) groups excluding carboxylic acids is 4. The number of nitrogens with zero attached hydrogens (tertiary/aromatic N) is 2. The number of amides is 4.